The van der Waals surface area contributed by atoms with Gasteiger partial charge >= 0.3 is 0 Å². The number of benzene rings is 2. The molecule has 0 unspecified atom stereocenters. The van der Waals surface area contributed by atoms with E-state index in [0.29, 0.717) is 35.0 Å². The number of sulfonamides is 1. The molecule has 3 aromatic rings. The van der Waals surface area contributed by atoms with E-state index in [1.807, 2.05) is 11.0 Å². The summed E-state index contributed by atoms with van der Waals surface area (Å²) < 4.78 is 52.5. The maximum atomic E-state index is 13.5. The van der Waals surface area contributed by atoms with Crippen LogP contribution in [0.15, 0.2) is 41.8 Å². The van der Waals surface area contributed by atoms with E-state index in [1.165, 1.54) is 17.4 Å². The normalized spacial score (nSPS) is 13.5. The fourth-order valence-electron chi connectivity index (χ4n) is 3.61. The van der Waals surface area contributed by atoms with Gasteiger partial charge in [0, 0.05) is 23.2 Å². The van der Waals surface area contributed by atoms with Crippen LogP contribution in [0.25, 0.3) is 11.3 Å². The van der Waals surface area contributed by atoms with Crippen molar-refractivity contribution in [3.05, 3.63) is 59.0 Å². The molecule has 4 rings (SSSR count). The quantitative estimate of drug-likeness (QED) is 0.562. The molecule has 0 saturated carbocycles. The second-order valence-corrected chi connectivity index (χ2v) is 10.0. The Balaban J connectivity index is 1.46. The molecule has 2 aromatic carbocycles. The zero-order valence-electron chi connectivity index (χ0n) is 17.1. The van der Waals surface area contributed by atoms with Crippen LogP contribution in [0.2, 0.25) is 0 Å². The first-order valence-corrected chi connectivity index (χ1v) is 12.5. The second kappa shape index (κ2) is 8.83. The maximum Gasteiger partial charge on any atom is 0.245 e. The molecule has 1 aliphatic heterocycles. The number of anilines is 3. The Hall–Kier alpha value is -3.05. The fourth-order valence-corrected chi connectivity index (χ4v) is 4.94. The Labute approximate surface area is 188 Å². The van der Waals surface area contributed by atoms with Crippen molar-refractivity contribution < 1.29 is 22.0 Å². The second-order valence-electron chi connectivity index (χ2n) is 7.42. The van der Waals surface area contributed by atoms with Gasteiger partial charge in [0.25, 0.3) is 0 Å². The van der Waals surface area contributed by atoms with Crippen LogP contribution in [0.1, 0.15) is 12.0 Å². The largest absolute Gasteiger partial charge is 0.362 e. The number of nitrogens with one attached hydrogen (secondary N) is 2. The van der Waals surface area contributed by atoms with E-state index in [0.717, 1.165) is 36.1 Å². The number of hydrogen-bond acceptors (Lipinski definition) is 6. The highest BCUT2D eigenvalue weighted by Crippen LogP contribution is 2.33. The number of carbonyl (C=O) groups excluding carboxylic acids is 1. The Bertz CT molecular complexity index is 1280. The molecule has 11 heteroatoms. The van der Waals surface area contributed by atoms with Crippen molar-refractivity contribution in [3.8, 4) is 11.3 Å². The number of fused-ring (bicyclic) bond motifs is 1. The highest BCUT2D eigenvalue weighted by atomic mass is 32.2. The summed E-state index contributed by atoms with van der Waals surface area (Å²) in [5.74, 6) is -2.19. The van der Waals surface area contributed by atoms with Gasteiger partial charge in [0.1, 0.15) is 0 Å². The molecular weight excluding hydrogens is 458 g/mol. The van der Waals surface area contributed by atoms with Crippen LogP contribution < -0.4 is 14.9 Å². The van der Waals surface area contributed by atoms with E-state index in [1.54, 1.807) is 17.5 Å². The molecule has 0 spiro atoms. The van der Waals surface area contributed by atoms with E-state index in [4.69, 9.17) is 0 Å². The number of amides is 1. The first kappa shape index (κ1) is 22.2. The molecule has 0 fully saturated rings. The van der Waals surface area contributed by atoms with Crippen LogP contribution in [0.5, 0.6) is 0 Å². The molecule has 0 bridgehead atoms. The molecular formula is C21H20F2N4O3S2. The van der Waals surface area contributed by atoms with E-state index < -0.39 is 21.7 Å². The van der Waals surface area contributed by atoms with Gasteiger partial charge in [0.15, 0.2) is 16.8 Å². The lowest BCUT2D eigenvalue weighted by atomic mass is 10.00. The maximum absolute atomic E-state index is 13.5. The minimum Gasteiger partial charge on any atom is -0.362 e. The third-order valence-corrected chi connectivity index (χ3v) is 6.29. The zero-order chi connectivity index (χ0) is 22.9. The zero-order valence-corrected chi connectivity index (χ0v) is 18.7. The van der Waals surface area contributed by atoms with E-state index in [-0.39, 0.29) is 12.5 Å². The van der Waals surface area contributed by atoms with Gasteiger partial charge < -0.3 is 10.2 Å². The summed E-state index contributed by atoms with van der Waals surface area (Å²) in [6, 6.07) is 8.83. The van der Waals surface area contributed by atoms with Crippen LogP contribution >= 0.6 is 11.3 Å². The molecule has 2 N–H and O–H groups in total. The van der Waals surface area contributed by atoms with Crippen molar-refractivity contribution >= 4 is 43.8 Å². The standard InChI is InChI=1S/C21H20F2N4O3S2/c1-32(29,30)26-17-5-2-6-19-14(17)4-3-9-27(19)11-20(28)25-21-24-18(12-31-21)13-7-8-15(22)16(23)10-13/h2,5-8,10,12,26H,3-4,9,11H2,1H3,(H,24,25,28). The molecule has 7 nitrogen and oxygen atoms in total. The van der Waals surface area contributed by atoms with E-state index in [2.05, 4.69) is 15.0 Å². The fraction of sp³-hybridized carbons (Fsp3) is 0.238. The van der Waals surface area contributed by atoms with Gasteiger partial charge in [-0.3, -0.25) is 9.52 Å². The van der Waals surface area contributed by atoms with Crippen molar-refractivity contribution in [2.45, 2.75) is 12.8 Å². The topological polar surface area (TPSA) is 91.4 Å². The average Bonchev–Trinajstić information content (AvgIpc) is 3.18. The Morgan fingerprint density at radius 3 is 2.78 bits per heavy atom. The van der Waals surface area contributed by atoms with Crippen molar-refractivity contribution in [1.29, 1.82) is 0 Å². The predicted molar refractivity (Wildman–Crippen MR) is 122 cm³/mol. The molecule has 1 aromatic heterocycles. The summed E-state index contributed by atoms with van der Waals surface area (Å²) in [6.07, 6.45) is 2.58. The smallest absolute Gasteiger partial charge is 0.245 e. The number of aromatic nitrogens is 1. The van der Waals surface area contributed by atoms with Gasteiger partial charge in [-0.1, -0.05) is 6.07 Å². The molecule has 32 heavy (non-hydrogen) atoms. The van der Waals surface area contributed by atoms with E-state index >= 15 is 0 Å². The van der Waals surface area contributed by atoms with Crippen molar-refractivity contribution in [2.75, 3.05) is 34.3 Å². The Kier molecular flexibility index (Phi) is 6.11. The molecule has 0 atom stereocenters. The third kappa shape index (κ3) is 5.05. The first-order chi connectivity index (χ1) is 15.2. The lowest BCUT2D eigenvalue weighted by Crippen LogP contribution is -2.37. The van der Waals surface area contributed by atoms with Crippen molar-refractivity contribution in [2.24, 2.45) is 0 Å². The summed E-state index contributed by atoms with van der Waals surface area (Å²) in [6.45, 7) is 0.718. The minimum absolute atomic E-state index is 0.0649. The number of hydrogen-bond donors (Lipinski definition) is 2. The Morgan fingerprint density at radius 2 is 2.03 bits per heavy atom. The molecule has 2 heterocycles. The molecule has 1 aliphatic rings. The number of rotatable bonds is 6. The lowest BCUT2D eigenvalue weighted by molar-refractivity contribution is -0.115. The summed E-state index contributed by atoms with van der Waals surface area (Å²) in [4.78, 5) is 18.8. The lowest BCUT2D eigenvalue weighted by Gasteiger charge is -2.31. The first-order valence-electron chi connectivity index (χ1n) is 9.75. The molecule has 0 aliphatic carbocycles. The van der Waals surface area contributed by atoms with E-state index in [9.17, 15) is 22.0 Å². The predicted octanol–water partition coefficient (Wildman–Crippen LogP) is 3.85. The Morgan fingerprint density at radius 1 is 1.22 bits per heavy atom. The van der Waals surface area contributed by atoms with Crippen LogP contribution in [0, 0.1) is 11.6 Å². The van der Waals surface area contributed by atoms with Gasteiger partial charge in [-0.2, -0.15) is 0 Å². The summed E-state index contributed by atoms with van der Waals surface area (Å²) in [7, 11) is -3.42. The van der Waals surface area contributed by atoms with Gasteiger partial charge in [-0.05, 0) is 48.7 Å². The highest BCUT2D eigenvalue weighted by molar-refractivity contribution is 7.92. The van der Waals surface area contributed by atoms with Gasteiger partial charge in [0.05, 0.1) is 24.2 Å². The highest BCUT2D eigenvalue weighted by Gasteiger charge is 2.22. The van der Waals surface area contributed by atoms with Gasteiger partial charge in [0.2, 0.25) is 15.9 Å². The molecule has 168 valence electrons. The number of halogens is 2. The van der Waals surface area contributed by atoms with Gasteiger partial charge in [-0.25, -0.2) is 22.2 Å². The average molecular weight is 479 g/mol. The van der Waals surface area contributed by atoms with Crippen LogP contribution in [0.3, 0.4) is 0 Å². The minimum atomic E-state index is -3.42. The molecule has 1 amide bonds. The summed E-state index contributed by atoms with van der Waals surface area (Å²) in [5, 5.41) is 4.74. The third-order valence-electron chi connectivity index (χ3n) is 4.94. The number of thiazole rings is 1. The summed E-state index contributed by atoms with van der Waals surface area (Å²) in [5.41, 5.74) is 3.03. The summed E-state index contributed by atoms with van der Waals surface area (Å²) >= 11 is 1.18. The van der Waals surface area contributed by atoms with Crippen LogP contribution in [0.4, 0.5) is 25.3 Å². The van der Waals surface area contributed by atoms with Gasteiger partial charge in [-0.15, -0.1) is 11.3 Å². The van der Waals surface area contributed by atoms with Crippen LogP contribution in [-0.2, 0) is 21.2 Å². The van der Waals surface area contributed by atoms with Crippen molar-refractivity contribution in [3.63, 3.8) is 0 Å². The molecule has 0 saturated heterocycles. The SMILES string of the molecule is CS(=O)(=O)Nc1cccc2c1CCCN2CC(=O)Nc1nc(-c2ccc(F)c(F)c2)cs1. The molecule has 0 radical (unpaired) electrons. The van der Waals surface area contributed by atoms with Crippen LogP contribution in [-0.4, -0.2) is 38.7 Å². The number of carbonyl (C=O) groups is 1. The number of nitrogens with zero attached hydrogens (tertiary/aromatic N) is 2. The monoisotopic (exact) mass is 478 g/mol. The van der Waals surface area contributed by atoms with Crippen molar-refractivity contribution in [1.82, 2.24) is 4.98 Å².